The Morgan fingerprint density at radius 3 is 2.68 bits per heavy atom. The van der Waals surface area contributed by atoms with Crippen LogP contribution in [0, 0.1) is 6.92 Å². The number of benzene rings is 2. The van der Waals surface area contributed by atoms with Crippen molar-refractivity contribution in [3.8, 4) is 5.88 Å². The van der Waals surface area contributed by atoms with Gasteiger partial charge < -0.3 is 15.0 Å². The van der Waals surface area contributed by atoms with Crippen LogP contribution in [-0.4, -0.2) is 23.2 Å². The number of sulfonamides is 1. The van der Waals surface area contributed by atoms with Crippen molar-refractivity contribution >= 4 is 49.6 Å². The van der Waals surface area contributed by atoms with Gasteiger partial charge in [0.25, 0.3) is 0 Å². The standard InChI is InChI=1S/C18H19N5O3S2/c1-3-23-16-11(2)6-4-9-14(16)15(17(23)24)21-22-18(27)20-12-7-5-8-13(10-12)28(19,25)26/h4-10,24H,3H2,1-2H3,(H,20,27)(H2,19,25,26). The van der Waals surface area contributed by atoms with Crippen LogP contribution in [0.25, 0.3) is 10.9 Å². The van der Waals surface area contributed by atoms with Crippen molar-refractivity contribution in [3.63, 3.8) is 0 Å². The summed E-state index contributed by atoms with van der Waals surface area (Å²) in [5.74, 6) is 0.00886. The first-order valence-electron chi connectivity index (χ1n) is 8.38. The highest BCUT2D eigenvalue weighted by Crippen LogP contribution is 2.40. The second kappa shape index (κ2) is 7.66. The summed E-state index contributed by atoms with van der Waals surface area (Å²) in [4.78, 5) is -0.0450. The number of rotatable bonds is 4. The highest BCUT2D eigenvalue weighted by atomic mass is 32.2. The van der Waals surface area contributed by atoms with Crippen molar-refractivity contribution in [1.82, 2.24) is 4.57 Å². The lowest BCUT2D eigenvalue weighted by molar-refractivity contribution is 0.426. The van der Waals surface area contributed by atoms with Gasteiger partial charge in [0.05, 0.1) is 10.4 Å². The van der Waals surface area contributed by atoms with Crippen LogP contribution < -0.4 is 10.5 Å². The third-order valence-corrected chi connectivity index (χ3v) is 5.30. The Balaban J connectivity index is 1.90. The van der Waals surface area contributed by atoms with E-state index in [1.54, 1.807) is 10.6 Å². The van der Waals surface area contributed by atoms with Crippen molar-refractivity contribution in [2.45, 2.75) is 25.3 Å². The molecule has 0 saturated carbocycles. The van der Waals surface area contributed by atoms with Gasteiger partial charge in [-0.3, -0.25) is 0 Å². The molecule has 0 aliphatic rings. The minimum absolute atomic E-state index is 0.00886. The maximum atomic E-state index is 11.4. The number of aryl methyl sites for hydroxylation is 2. The summed E-state index contributed by atoms with van der Waals surface area (Å²) in [5, 5.41) is 27.3. The number of azo groups is 1. The van der Waals surface area contributed by atoms with E-state index in [-0.39, 0.29) is 15.9 Å². The zero-order valence-corrected chi connectivity index (χ0v) is 16.9. The average Bonchev–Trinajstić information content (AvgIpc) is 2.91. The van der Waals surface area contributed by atoms with Crippen LogP contribution in [0.5, 0.6) is 5.88 Å². The number of nitrogens with two attached hydrogens (primary N) is 1. The minimum Gasteiger partial charge on any atom is -0.493 e. The van der Waals surface area contributed by atoms with Crippen LogP contribution in [-0.2, 0) is 16.6 Å². The Labute approximate surface area is 167 Å². The molecule has 3 rings (SSSR count). The average molecular weight is 418 g/mol. The monoisotopic (exact) mass is 417 g/mol. The van der Waals surface area contributed by atoms with E-state index >= 15 is 0 Å². The summed E-state index contributed by atoms with van der Waals surface area (Å²) in [7, 11) is -3.82. The van der Waals surface area contributed by atoms with Gasteiger partial charge in [0.15, 0.2) is 5.69 Å². The number of nitrogens with zero attached hydrogens (tertiary/aromatic N) is 3. The van der Waals surface area contributed by atoms with Gasteiger partial charge >= 0.3 is 0 Å². The molecule has 3 aromatic rings. The number of para-hydroxylation sites is 1. The predicted octanol–water partition coefficient (Wildman–Crippen LogP) is 3.80. The molecule has 0 fully saturated rings. The second-order valence-electron chi connectivity index (χ2n) is 6.09. The molecule has 4 N–H and O–H groups in total. The number of fused-ring (bicyclic) bond motifs is 1. The Hall–Kier alpha value is -2.82. The summed E-state index contributed by atoms with van der Waals surface area (Å²) >= 11 is 5.16. The highest BCUT2D eigenvalue weighted by Gasteiger charge is 2.17. The molecule has 8 nitrogen and oxygen atoms in total. The number of aromatic hydroxyl groups is 1. The van der Waals surface area contributed by atoms with Crippen molar-refractivity contribution in [1.29, 1.82) is 0 Å². The lowest BCUT2D eigenvalue weighted by atomic mass is 10.1. The third kappa shape index (κ3) is 3.88. The second-order valence-corrected chi connectivity index (χ2v) is 8.04. The maximum absolute atomic E-state index is 11.4. The molecular formula is C18H19N5O3S2. The van der Waals surface area contributed by atoms with E-state index in [2.05, 4.69) is 15.5 Å². The Bertz CT molecular complexity index is 1200. The third-order valence-electron chi connectivity index (χ3n) is 4.20. The number of hydrogen-bond donors (Lipinski definition) is 3. The minimum atomic E-state index is -3.82. The molecule has 0 aliphatic heterocycles. The fourth-order valence-electron chi connectivity index (χ4n) is 2.96. The van der Waals surface area contributed by atoms with Crippen LogP contribution in [0.2, 0.25) is 0 Å². The molecule has 146 valence electrons. The molecule has 0 amide bonds. The molecule has 1 heterocycles. The van der Waals surface area contributed by atoms with Gasteiger partial charge in [0.2, 0.25) is 21.0 Å². The summed E-state index contributed by atoms with van der Waals surface area (Å²) in [6, 6.07) is 11.6. The van der Waals surface area contributed by atoms with Crippen LogP contribution in [0.3, 0.4) is 0 Å². The van der Waals surface area contributed by atoms with E-state index in [1.807, 2.05) is 32.0 Å². The van der Waals surface area contributed by atoms with Crippen LogP contribution in [0.4, 0.5) is 11.4 Å². The fourth-order valence-corrected chi connectivity index (χ4v) is 3.68. The Kier molecular flexibility index (Phi) is 5.45. The summed E-state index contributed by atoms with van der Waals surface area (Å²) in [6.45, 7) is 4.46. The molecular weight excluding hydrogens is 398 g/mol. The largest absolute Gasteiger partial charge is 0.493 e. The van der Waals surface area contributed by atoms with E-state index in [4.69, 9.17) is 17.4 Å². The summed E-state index contributed by atoms with van der Waals surface area (Å²) < 4.78 is 24.6. The fraction of sp³-hybridized carbons (Fsp3) is 0.167. The van der Waals surface area contributed by atoms with Gasteiger partial charge in [0.1, 0.15) is 0 Å². The van der Waals surface area contributed by atoms with Gasteiger partial charge in [-0.15, -0.1) is 10.2 Å². The molecule has 0 atom stereocenters. The smallest absolute Gasteiger partial charge is 0.238 e. The van der Waals surface area contributed by atoms with Gasteiger partial charge in [-0.05, 0) is 49.8 Å². The van der Waals surface area contributed by atoms with Gasteiger partial charge in [-0.1, -0.05) is 24.3 Å². The number of thiocarbonyl (C=S) groups is 1. The number of anilines is 1. The Morgan fingerprint density at radius 2 is 2.00 bits per heavy atom. The van der Waals surface area contributed by atoms with Crippen LogP contribution >= 0.6 is 12.2 Å². The molecule has 0 aliphatic carbocycles. The molecule has 0 radical (unpaired) electrons. The molecule has 0 saturated heterocycles. The van der Waals surface area contributed by atoms with E-state index in [1.165, 1.54) is 18.2 Å². The zero-order chi connectivity index (χ0) is 20.5. The van der Waals surface area contributed by atoms with Gasteiger partial charge in [-0.25, -0.2) is 13.6 Å². The molecule has 0 bridgehead atoms. The zero-order valence-electron chi connectivity index (χ0n) is 15.2. The predicted molar refractivity (Wildman–Crippen MR) is 113 cm³/mol. The number of aromatic nitrogens is 1. The molecule has 1 aromatic heterocycles. The Morgan fingerprint density at radius 1 is 1.29 bits per heavy atom. The summed E-state index contributed by atoms with van der Waals surface area (Å²) in [5.41, 5.74) is 2.63. The van der Waals surface area contributed by atoms with E-state index in [9.17, 15) is 13.5 Å². The first-order valence-corrected chi connectivity index (χ1v) is 10.3. The summed E-state index contributed by atoms with van der Waals surface area (Å²) in [6.07, 6.45) is 0. The lowest BCUT2D eigenvalue weighted by Crippen LogP contribution is -2.13. The number of nitrogens with one attached hydrogen (secondary N) is 1. The molecule has 0 spiro atoms. The first kappa shape index (κ1) is 19.9. The molecule has 2 aromatic carbocycles. The van der Waals surface area contributed by atoms with Crippen molar-refractivity contribution in [3.05, 3.63) is 48.0 Å². The van der Waals surface area contributed by atoms with E-state index in [0.717, 1.165) is 16.5 Å². The number of hydrogen-bond acceptors (Lipinski definition) is 5. The van der Waals surface area contributed by atoms with E-state index in [0.29, 0.717) is 17.9 Å². The highest BCUT2D eigenvalue weighted by molar-refractivity contribution is 7.89. The van der Waals surface area contributed by atoms with Gasteiger partial charge in [-0.2, -0.15) is 0 Å². The van der Waals surface area contributed by atoms with Crippen LogP contribution in [0.15, 0.2) is 57.6 Å². The SMILES string of the molecule is CCn1c(O)c(N=NC(=S)Nc2cccc(S(N)(=O)=O)c2)c2cccc(C)c21. The normalized spacial score (nSPS) is 12.0. The molecule has 10 heteroatoms. The molecule has 28 heavy (non-hydrogen) atoms. The van der Waals surface area contributed by atoms with Crippen LogP contribution in [0.1, 0.15) is 12.5 Å². The van der Waals surface area contributed by atoms with Gasteiger partial charge in [0, 0.05) is 17.6 Å². The number of primary sulfonamides is 1. The van der Waals surface area contributed by atoms with Crippen molar-refractivity contribution < 1.29 is 13.5 Å². The van der Waals surface area contributed by atoms with Crippen molar-refractivity contribution in [2.24, 2.45) is 15.4 Å². The lowest BCUT2D eigenvalue weighted by Gasteiger charge is -2.05. The quantitative estimate of drug-likeness (QED) is 0.440. The first-order chi connectivity index (χ1) is 13.2. The maximum Gasteiger partial charge on any atom is 0.238 e. The topological polar surface area (TPSA) is 122 Å². The van der Waals surface area contributed by atoms with Crippen molar-refractivity contribution in [2.75, 3.05) is 5.32 Å². The molecule has 0 unspecified atom stereocenters. The van der Waals surface area contributed by atoms with E-state index < -0.39 is 10.0 Å².